The molecule has 0 atom stereocenters. The van der Waals surface area contributed by atoms with E-state index in [0.717, 1.165) is 19.6 Å². The molecule has 0 bridgehead atoms. The molecule has 2 N–H and O–H groups in total. The molecular weight excluding hydrogens is 212 g/mol. The molecule has 0 fully saturated rings. The van der Waals surface area contributed by atoms with E-state index < -0.39 is 0 Å². The zero-order valence-corrected chi connectivity index (χ0v) is 9.52. The van der Waals surface area contributed by atoms with Gasteiger partial charge in [-0.3, -0.25) is 0 Å². The maximum atomic E-state index is 5.57. The van der Waals surface area contributed by atoms with Crippen LogP contribution in [0.3, 0.4) is 0 Å². The minimum absolute atomic E-state index is 0.566. The van der Waals surface area contributed by atoms with Crippen LogP contribution in [0.2, 0.25) is 0 Å². The van der Waals surface area contributed by atoms with E-state index in [4.69, 9.17) is 10.5 Å². The fraction of sp³-hybridized carbons (Fsp3) is 0.214. The van der Waals surface area contributed by atoms with Crippen molar-refractivity contribution in [1.29, 1.82) is 0 Å². The van der Waals surface area contributed by atoms with Gasteiger partial charge in [0.1, 0.15) is 5.82 Å². The maximum absolute atomic E-state index is 5.57. The predicted molar refractivity (Wildman–Crippen MR) is 66.4 cm³/mol. The Morgan fingerprint density at radius 1 is 1.06 bits per heavy atom. The van der Waals surface area contributed by atoms with Gasteiger partial charge in [0, 0.05) is 6.20 Å². The fourth-order valence-corrected chi connectivity index (χ4v) is 2.11. The predicted octanol–water partition coefficient (Wildman–Crippen LogP) is 2.28. The summed E-state index contributed by atoms with van der Waals surface area (Å²) in [6.45, 7) is 1.49. The zero-order chi connectivity index (χ0) is 11.7. The van der Waals surface area contributed by atoms with Gasteiger partial charge in [-0.2, -0.15) is 0 Å². The number of fused-ring (bicyclic) bond motifs is 1. The van der Waals surface area contributed by atoms with Crippen LogP contribution in [-0.4, -0.2) is 4.98 Å². The average Bonchev–Trinajstić information content (AvgIpc) is 2.79. The van der Waals surface area contributed by atoms with Crippen molar-refractivity contribution in [3.63, 3.8) is 0 Å². The Bertz CT molecular complexity index is 534. The summed E-state index contributed by atoms with van der Waals surface area (Å²) < 4.78 is 5.41. The number of nitrogen functional groups attached to an aromatic ring is 1. The van der Waals surface area contributed by atoms with Gasteiger partial charge < -0.3 is 10.5 Å². The van der Waals surface area contributed by atoms with Gasteiger partial charge in [-0.1, -0.05) is 24.3 Å². The third-order valence-electron chi connectivity index (χ3n) is 3.04. The van der Waals surface area contributed by atoms with Crippen LogP contribution in [0.15, 0.2) is 36.5 Å². The van der Waals surface area contributed by atoms with Crippen LogP contribution in [0.5, 0.6) is 0 Å². The SMILES string of the molecule is Nc1ccc(Cc2ccc3c(c2)COC3)cn1. The molecule has 1 aromatic heterocycles. The largest absolute Gasteiger partial charge is 0.384 e. The first-order valence-electron chi connectivity index (χ1n) is 5.70. The highest BCUT2D eigenvalue weighted by molar-refractivity contribution is 5.37. The molecular formula is C14H14N2O. The normalized spacial score (nSPS) is 13.6. The number of nitrogens with two attached hydrogens (primary N) is 1. The van der Waals surface area contributed by atoms with E-state index in [-0.39, 0.29) is 0 Å². The third kappa shape index (κ3) is 2.15. The Morgan fingerprint density at radius 3 is 2.71 bits per heavy atom. The molecule has 2 aromatic rings. The highest BCUT2D eigenvalue weighted by Crippen LogP contribution is 2.22. The van der Waals surface area contributed by atoms with E-state index in [9.17, 15) is 0 Å². The van der Waals surface area contributed by atoms with Gasteiger partial charge in [0.2, 0.25) is 0 Å². The summed E-state index contributed by atoms with van der Waals surface area (Å²) in [6.07, 6.45) is 2.72. The molecule has 0 amide bonds. The molecule has 2 heterocycles. The van der Waals surface area contributed by atoms with E-state index in [1.165, 1.54) is 22.3 Å². The van der Waals surface area contributed by atoms with Gasteiger partial charge in [-0.15, -0.1) is 0 Å². The molecule has 0 aliphatic carbocycles. The van der Waals surface area contributed by atoms with Gasteiger partial charge >= 0.3 is 0 Å². The number of anilines is 1. The van der Waals surface area contributed by atoms with E-state index >= 15 is 0 Å². The molecule has 1 aliphatic heterocycles. The Morgan fingerprint density at radius 2 is 1.88 bits per heavy atom. The summed E-state index contributed by atoms with van der Waals surface area (Å²) in [4.78, 5) is 4.10. The lowest BCUT2D eigenvalue weighted by Crippen LogP contribution is -1.94. The second-order valence-electron chi connectivity index (χ2n) is 4.36. The van der Waals surface area contributed by atoms with Crippen molar-refractivity contribution >= 4 is 5.82 Å². The van der Waals surface area contributed by atoms with Gasteiger partial charge in [0.15, 0.2) is 0 Å². The number of aromatic nitrogens is 1. The second kappa shape index (κ2) is 4.18. The lowest BCUT2D eigenvalue weighted by atomic mass is 10.0. The molecule has 17 heavy (non-hydrogen) atoms. The van der Waals surface area contributed by atoms with Crippen molar-refractivity contribution in [3.05, 3.63) is 58.8 Å². The Kier molecular flexibility index (Phi) is 2.53. The first-order valence-corrected chi connectivity index (χ1v) is 5.70. The smallest absolute Gasteiger partial charge is 0.123 e. The van der Waals surface area contributed by atoms with Crippen molar-refractivity contribution in [2.24, 2.45) is 0 Å². The average molecular weight is 226 g/mol. The fourth-order valence-electron chi connectivity index (χ4n) is 2.11. The number of benzene rings is 1. The van der Waals surface area contributed by atoms with Gasteiger partial charge in [-0.25, -0.2) is 4.98 Å². The summed E-state index contributed by atoms with van der Waals surface area (Å²) in [5.41, 5.74) is 10.7. The van der Waals surface area contributed by atoms with Gasteiger partial charge in [0.05, 0.1) is 13.2 Å². The van der Waals surface area contributed by atoms with E-state index in [1.54, 1.807) is 0 Å². The maximum Gasteiger partial charge on any atom is 0.123 e. The molecule has 0 unspecified atom stereocenters. The van der Waals surface area contributed by atoms with Crippen molar-refractivity contribution in [2.45, 2.75) is 19.6 Å². The van der Waals surface area contributed by atoms with Crippen LogP contribution in [0, 0.1) is 0 Å². The standard InChI is InChI=1S/C14H14N2O/c15-14-4-2-11(7-16-14)5-10-1-3-12-8-17-9-13(12)6-10/h1-4,6-7H,5,8-9H2,(H2,15,16). The Labute approximate surface area is 100 Å². The Hall–Kier alpha value is -1.87. The number of pyridine rings is 1. The number of hydrogen-bond acceptors (Lipinski definition) is 3. The Balaban J connectivity index is 1.83. The third-order valence-corrected chi connectivity index (χ3v) is 3.04. The van der Waals surface area contributed by atoms with Crippen LogP contribution in [0.25, 0.3) is 0 Å². The number of rotatable bonds is 2. The quantitative estimate of drug-likeness (QED) is 0.854. The summed E-state index contributed by atoms with van der Waals surface area (Å²) >= 11 is 0. The van der Waals surface area contributed by atoms with Crippen molar-refractivity contribution in [3.8, 4) is 0 Å². The molecule has 0 saturated heterocycles. The minimum Gasteiger partial charge on any atom is -0.384 e. The van der Waals surface area contributed by atoms with Crippen LogP contribution in [-0.2, 0) is 24.4 Å². The van der Waals surface area contributed by atoms with Gasteiger partial charge in [-0.05, 0) is 34.7 Å². The van der Waals surface area contributed by atoms with Crippen LogP contribution >= 0.6 is 0 Å². The molecule has 0 saturated carbocycles. The molecule has 3 rings (SSSR count). The molecule has 1 aliphatic rings. The molecule has 86 valence electrons. The second-order valence-corrected chi connectivity index (χ2v) is 4.36. The lowest BCUT2D eigenvalue weighted by Gasteiger charge is -2.04. The van der Waals surface area contributed by atoms with Gasteiger partial charge in [0.25, 0.3) is 0 Å². The summed E-state index contributed by atoms with van der Waals surface area (Å²) in [6, 6.07) is 10.4. The van der Waals surface area contributed by atoms with Crippen molar-refractivity contribution in [2.75, 3.05) is 5.73 Å². The zero-order valence-electron chi connectivity index (χ0n) is 9.52. The molecule has 1 aromatic carbocycles. The monoisotopic (exact) mass is 226 g/mol. The number of ether oxygens (including phenoxy) is 1. The molecule has 0 radical (unpaired) electrons. The summed E-state index contributed by atoms with van der Waals surface area (Å²) in [5.74, 6) is 0.566. The first kappa shape index (κ1) is 10.3. The number of hydrogen-bond donors (Lipinski definition) is 1. The minimum atomic E-state index is 0.566. The summed E-state index contributed by atoms with van der Waals surface area (Å²) in [5, 5.41) is 0. The van der Waals surface area contributed by atoms with E-state index in [2.05, 4.69) is 23.2 Å². The molecule has 3 nitrogen and oxygen atoms in total. The van der Waals surface area contributed by atoms with Crippen LogP contribution in [0.4, 0.5) is 5.82 Å². The van der Waals surface area contributed by atoms with Crippen molar-refractivity contribution < 1.29 is 4.74 Å². The van der Waals surface area contributed by atoms with Crippen LogP contribution < -0.4 is 5.73 Å². The lowest BCUT2D eigenvalue weighted by molar-refractivity contribution is 0.134. The van der Waals surface area contributed by atoms with Crippen molar-refractivity contribution in [1.82, 2.24) is 4.98 Å². The summed E-state index contributed by atoms with van der Waals surface area (Å²) in [7, 11) is 0. The first-order chi connectivity index (χ1) is 8.31. The topological polar surface area (TPSA) is 48.1 Å². The highest BCUT2D eigenvalue weighted by atomic mass is 16.5. The van der Waals surface area contributed by atoms with E-state index in [0.29, 0.717) is 5.82 Å². The molecule has 0 spiro atoms. The highest BCUT2D eigenvalue weighted by Gasteiger charge is 2.11. The van der Waals surface area contributed by atoms with Crippen LogP contribution in [0.1, 0.15) is 22.3 Å². The number of nitrogens with zero attached hydrogens (tertiary/aromatic N) is 1. The molecule has 3 heteroatoms. The van der Waals surface area contributed by atoms with E-state index in [1.807, 2.05) is 18.3 Å².